The number of rotatable bonds is 0. The van der Waals surface area contributed by atoms with Crippen LogP contribution in [0.5, 0.6) is 0 Å². The van der Waals surface area contributed by atoms with Crippen LogP contribution in [0.25, 0.3) is 0 Å². The van der Waals surface area contributed by atoms with Crippen molar-refractivity contribution in [3.63, 3.8) is 0 Å². The standard InChI is InChI=1S/C5H11NO2.O.Pt/c1-5(2,3)8-4(6)7;;/h1-3H3,(H2,6,7);;. The summed E-state index contributed by atoms with van der Waals surface area (Å²) in [7, 11) is 0. The van der Waals surface area contributed by atoms with Crippen molar-refractivity contribution in [2.45, 2.75) is 26.4 Å². The molecule has 0 bridgehead atoms. The molecule has 0 aromatic rings. The molecule has 0 aliphatic rings. The first-order chi connectivity index (χ1) is 4.42. The Balaban J connectivity index is 0. The van der Waals surface area contributed by atoms with Gasteiger partial charge in [0, 0.05) is 0 Å². The van der Waals surface area contributed by atoms with Crippen molar-refractivity contribution in [1.82, 2.24) is 0 Å². The van der Waals surface area contributed by atoms with Crippen molar-refractivity contribution in [3.05, 3.63) is 0 Å². The number of nitrogens with two attached hydrogens (primary N) is 1. The third-order valence-electron chi connectivity index (χ3n) is 0.407. The molecule has 0 saturated carbocycles. The number of hydrogen-bond acceptors (Lipinski definition) is 3. The number of hydrogen-bond donors (Lipinski definition) is 1. The van der Waals surface area contributed by atoms with E-state index in [2.05, 4.69) is 4.74 Å². The van der Waals surface area contributed by atoms with Crippen LogP contribution in [0.1, 0.15) is 20.8 Å². The molecule has 1 amide bonds. The summed E-state index contributed by atoms with van der Waals surface area (Å²) in [6.45, 7) is 5.28. The Hall–Kier alpha value is -0.242. The predicted molar refractivity (Wildman–Crippen MR) is 31.1 cm³/mol. The summed E-state index contributed by atoms with van der Waals surface area (Å²) < 4.78 is 12.8. The van der Waals surface area contributed by atoms with Gasteiger partial charge in [-0.15, -0.1) is 0 Å². The Labute approximate surface area is 71.3 Å². The van der Waals surface area contributed by atoms with Crippen molar-refractivity contribution < 1.29 is 32.7 Å². The average molecular weight is 328 g/mol. The van der Waals surface area contributed by atoms with Crippen LogP contribution >= 0.6 is 0 Å². The molecule has 0 radical (unpaired) electrons. The SMILES string of the molecule is CC(C)(C)OC(N)=O.[O]=[Pt]. The van der Waals surface area contributed by atoms with Crippen LogP contribution < -0.4 is 5.73 Å². The summed E-state index contributed by atoms with van der Waals surface area (Å²) in [6, 6.07) is 0. The van der Waals surface area contributed by atoms with E-state index in [0.29, 0.717) is 0 Å². The van der Waals surface area contributed by atoms with E-state index < -0.39 is 11.7 Å². The van der Waals surface area contributed by atoms with Gasteiger partial charge < -0.3 is 10.5 Å². The second-order valence-electron chi connectivity index (χ2n) is 2.53. The molecule has 0 fully saturated rings. The zero-order chi connectivity index (χ0) is 8.78. The van der Waals surface area contributed by atoms with Gasteiger partial charge in [0.2, 0.25) is 0 Å². The molecule has 0 aromatic heterocycles. The molecule has 0 saturated heterocycles. The maximum atomic E-state index is 10.0. The monoisotopic (exact) mass is 328 g/mol. The van der Waals surface area contributed by atoms with E-state index in [1.165, 1.54) is 0 Å². The summed E-state index contributed by atoms with van der Waals surface area (Å²) in [4.78, 5) is 10.0. The van der Waals surface area contributed by atoms with Gasteiger partial charge in [-0.1, -0.05) is 0 Å². The summed E-state index contributed by atoms with van der Waals surface area (Å²) >= 11 is 0.889. The van der Waals surface area contributed by atoms with Crippen molar-refractivity contribution in [2.75, 3.05) is 0 Å². The molecular weight excluding hydrogens is 317 g/mol. The van der Waals surface area contributed by atoms with E-state index in [-0.39, 0.29) is 0 Å². The molecule has 0 heterocycles. The molecule has 0 aliphatic carbocycles. The van der Waals surface area contributed by atoms with E-state index in [1.807, 2.05) is 0 Å². The molecular formula is C5H11NO3Pt. The van der Waals surface area contributed by atoms with Gasteiger partial charge in [-0.3, -0.25) is 0 Å². The van der Waals surface area contributed by atoms with Gasteiger partial charge in [-0.25, -0.2) is 4.79 Å². The molecule has 0 unspecified atom stereocenters. The Morgan fingerprint density at radius 1 is 1.40 bits per heavy atom. The van der Waals surface area contributed by atoms with Gasteiger partial charge in [0.1, 0.15) is 5.60 Å². The van der Waals surface area contributed by atoms with Gasteiger partial charge in [-0.2, -0.15) is 0 Å². The van der Waals surface area contributed by atoms with Crippen molar-refractivity contribution in [2.24, 2.45) is 5.73 Å². The first-order valence-corrected chi connectivity index (χ1v) is 3.46. The van der Waals surface area contributed by atoms with Crippen LogP contribution in [0.15, 0.2) is 0 Å². The zero-order valence-electron chi connectivity index (χ0n) is 6.12. The molecule has 5 heteroatoms. The van der Waals surface area contributed by atoms with Crippen LogP contribution in [0.4, 0.5) is 4.79 Å². The van der Waals surface area contributed by atoms with E-state index in [9.17, 15) is 4.79 Å². The quantitative estimate of drug-likeness (QED) is 0.714. The molecule has 2 N–H and O–H groups in total. The summed E-state index contributed by atoms with van der Waals surface area (Å²) in [5.41, 5.74) is 4.26. The average Bonchev–Trinajstić information content (AvgIpc) is 1.64. The zero-order valence-corrected chi connectivity index (χ0v) is 8.39. The molecule has 0 atom stereocenters. The molecule has 4 nitrogen and oxygen atoms in total. The molecule has 0 rings (SSSR count). The molecule has 64 valence electrons. The minimum atomic E-state index is -0.725. The predicted octanol–water partition coefficient (Wildman–Crippen LogP) is 0.759. The third-order valence-corrected chi connectivity index (χ3v) is 0.407. The molecule has 0 spiro atoms. The van der Waals surface area contributed by atoms with Crippen molar-refractivity contribution in [3.8, 4) is 0 Å². The topological polar surface area (TPSA) is 69.4 Å². The van der Waals surface area contributed by atoms with Crippen molar-refractivity contribution in [1.29, 1.82) is 0 Å². The second-order valence-corrected chi connectivity index (χ2v) is 2.53. The fraction of sp³-hybridized carbons (Fsp3) is 0.800. The summed E-state index contributed by atoms with van der Waals surface area (Å²) in [5, 5.41) is 0. The normalized spacial score (nSPS) is 9.30. The Kier molecular flexibility index (Phi) is 6.88. The van der Waals surface area contributed by atoms with E-state index in [4.69, 9.17) is 9.13 Å². The van der Waals surface area contributed by atoms with Crippen LogP contribution in [0, 0.1) is 0 Å². The minimum absolute atomic E-state index is 0.453. The maximum absolute atomic E-state index is 10.0. The van der Waals surface area contributed by atoms with Gasteiger partial charge in [0.05, 0.1) is 0 Å². The number of ether oxygens (including phenoxy) is 1. The Morgan fingerprint density at radius 2 is 1.70 bits per heavy atom. The Bertz CT molecular complexity index is 110. The molecule has 0 aromatic carbocycles. The first kappa shape index (κ1) is 12.4. The summed E-state index contributed by atoms with van der Waals surface area (Å²) in [5.74, 6) is 0. The number of carbonyl (C=O) groups excluding carboxylic acids is 1. The van der Waals surface area contributed by atoms with Crippen LogP contribution in [0.3, 0.4) is 0 Å². The van der Waals surface area contributed by atoms with E-state index in [1.54, 1.807) is 20.8 Å². The van der Waals surface area contributed by atoms with Gasteiger partial charge in [0.25, 0.3) is 0 Å². The Morgan fingerprint density at radius 3 is 1.70 bits per heavy atom. The number of carbonyl (C=O) groups is 1. The summed E-state index contributed by atoms with van der Waals surface area (Å²) in [6.07, 6.45) is -0.725. The fourth-order valence-corrected chi connectivity index (χ4v) is 0.302. The van der Waals surface area contributed by atoms with E-state index >= 15 is 0 Å². The van der Waals surface area contributed by atoms with Crippen molar-refractivity contribution >= 4 is 6.09 Å². The second kappa shape index (κ2) is 5.54. The van der Waals surface area contributed by atoms with Crippen LogP contribution in [-0.2, 0) is 27.9 Å². The van der Waals surface area contributed by atoms with Crippen LogP contribution in [0.2, 0.25) is 0 Å². The third kappa shape index (κ3) is 15.7. The molecule has 0 aliphatic heterocycles. The van der Waals surface area contributed by atoms with Gasteiger partial charge >= 0.3 is 29.3 Å². The van der Waals surface area contributed by atoms with E-state index in [0.717, 1.165) is 19.8 Å². The van der Waals surface area contributed by atoms with Gasteiger partial charge in [0.15, 0.2) is 0 Å². The fourth-order valence-electron chi connectivity index (χ4n) is 0.302. The molecule has 10 heavy (non-hydrogen) atoms. The number of primary amides is 1. The van der Waals surface area contributed by atoms with Crippen LogP contribution in [-0.4, -0.2) is 11.7 Å². The van der Waals surface area contributed by atoms with Gasteiger partial charge in [-0.05, 0) is 20.8 Å². The number of amides is 1. The first-order valence-electron chi connectivity index (χ1n) is 2.53.